The van der Waals surface area contributed by atoms with Crippen molar-refractivity contribution in [3.63, 3.8) is 0 Å². The molecule has 1 N–H and O–H groups in total. The summed E-state index contributed by atoms with van der Waals surface area (Å²) in [6.45, 7) is 6.56. The van der Waals surface area contributed by atoms with Gasteiger partial charge in [-0.15, -0.1) is 0 Å². The van der Waals surface area contributed by atoms with Crippen LogP contribution in [-0.4, -0.2) is 29.8 Å². The Morgan fingerprint density at radius 2 is 2.00 bits per heavy atom. The highest BCUT2D eigenvalue weighted by atomic mass is 16.5. The minimum atomic E-state index is -0.490. The van der Waals surface area contributed by atoms with Gasteiger partial charge in [0.25, 0.3) is 0 Å². The van der Waals surface area contributed by atoms with E-state index in [0.717, 1.165) is 12.0 Å². The molecule has 102 valence electrons. The predicted molar refractivity (Wildman–Crippen MR) is 78.2 cm³/mol. The molecule has 1 fully saturated rings. The van der Waals surface area contributed by atoms with Gasteiger partial charge in [0.05, 0.1) is 17.7 Å². The summed E-state index contributed by atoms with van der Waals surface area (Å²) in [7, 11) is 0. The van der Waals surface area contributed by atoms with Gasteiger partial charge in [-0.25, -0.2) is 4.99 Å². The summed E-state index contributed by atoms with van der Waals surface area (Å²) in [5.41, 5.74) is 3.17. The molecule has 0 bridgehead atoms. The van der Waals surface area contributed by atoms with Crippen LogP contribution in [0, 0.1) is 0 Å². The number of aliphatic hydroxyl groups excluding tert-OH is 1. The van der Waals surface area contributed by atoms with Gasteiger partial charge in [0.15, 0.2) is 0 Å². The van der Waals surface area contributed by atoms with Crippen molar-refractivity contribution in [3.05, 3.63) is 41.5 Å². The number of aliphatic hydroxyl groups is 1. The van der Waals surface area contributed by atoms with Crippen LogP contribution in [0.5, 0.6) is 0 Å². The van der Waals surface area contributed by atoms with Crippen LogP contribution in [0.2, 0.25) is 0 Å². The second-order valence-electron chi connectivity index (χ2n) is 5.35. The molecule has 0 aromatic heterocycles. The van der Waals surface area contributed by atoms with Crippen LogP contribution >= 0.6 is 0 Å². The minimum absolute atomic E-state index is 0.0138. The normalized spacial score (nSPS) is 19.9. The summed E-state index contributed by atoms with van der Waals surface area (Å²) in [4.78, 5) is 4.50. The molecule has 3 nitrogen and oxygen atoms in total. The summed E-state index contributed by atoms with van der Waals surface area (Å²) in [5.74, 6) is 0.680. The van der Waals surface area contributed by atoms with E-state index in [1.807, 2.05) is 32.0 Å². The smallest absolute Gasteiger partial charge is 0.216 e. The van der Waals surface area contributed by atoms with Crippen LogP contribution in [0.15, 0.2) is 40.9 Å². The van der Waals surface area contributed by atoms with Crippen LogP contribution in [0.1, 0.15) is 32.8 Å². The molecule has 0 unspecified atom stereocenters. The lowest BCUT2D eigenvalue weighted by atomic mass is 9.95. The second-order valence-corrected chi connectivity index (χ2v) is 5.35. The van der Waals surface area contributed by atoms with Gasteiger partial charge in [0, 0.05) is 0 Å². The molecular weight excluding hydrogens is 238 g/mol. The maximum absolute atomic E-state index is 9.28. The molecule has 1 aromatic carbocycles. The molecule has 0 aliphatic carbocycles. The first kappa shape index (κ1) is 13.8. The average molecular weight is 259 g/mol. The molecule has 0 spiro atoms. The van der Waals surface area contributed by atoms with Crippen molar-refractivity contribution in [3.8, 4) is 0 Å². The third-order valence-corrected chi connectivity index (χ3v) is 3.24. The van der Waals surface area contributed by atoms with Crippen molar-refractivity contribution in [2.24, 2.45) is 4.99 Å². The molecule has 1 aliphatic heterocycles. The number of allylic oxidation sites excluding steroid dienone is 1. The van der Waals surface area contributed by atoms with Crippen molar-refractivity contribution in [2.75, 3.05) is 13.2 Å². The Kier molecular flexibility index (Phi) is 4.05. The van der Waals surface area contributed by atoms with E-state index in [9.17, 15) is 5.11 Å². The summed E-state index contributed by atoms with van der Waals surface area (Å²) in [6, 6.07) is 10.3. The molecule has 0 radical (unpaired) electrons. The van der Waals surface area contributed by atoms with Gasteiger partial charge in [-0.2, -0.15) is 0 Å². The molecule has 1 aromatic rings. The zero-order valence-electron chi connectivity index (χ0n) is 11.8. The lowest BCUT2D eigenvalue weighted by Gasteiger charge is -2.28. The van der Waals surface area contributed by atoms with E-state index in [4.69, 9.17) is 4.74 Å². The van der Waals surface area contributed by atoms with Gasteiger partial charge in [-0.05, 0) is 31.4 Å². The Hall–Kier alpha value is -1.61. The monoisotopic (exact) mass is 259 g/mol. The van der Waals surface area contributed by atoms with Gasteiger partial charge in [-0.1, -0.05) is 37.3 Å². The van der Waals surface area contributed by atoms with Gasteiger partial charge >= 0.3 is 0 Å². The molecular formula is C16H21NO2. The third kappa shape index (κ3) is 3.04. The van der Waals surface area contributed by atoms with Crippen LogP contribution < -0.4 is 0 Å². The van der Waals surface area contributed by atoms with Crippen molar-refractivity contribution >= 4 is 11.5 Å². The number of hydrogen-bond acceptors (Lipinski definition) is 3. The van der Waals surface area contributed by atoms with Crippen LogP contribution in [0.4, 0.5) is 0 Å². The van der Waals surface area contributed by atoms with E-state index < -0.39 is 5.54 Å². The fraction of sp³-hybridized carbons (Fsp3) is 0.438. The second kappa shape index (κ2) is 5.57. The summed E-state index contributed by atoms with van der Waals surface area (Å²) < 4.78 is 5.47. The molecule has 3 heteroatoms. The van der Waals surface area contributed by atoms with E-state index in [-0.39, 0.29) is 6.61 Å². The Morgan fingerprint density at radius 1 is 1.32 bits per heavy atom. The largest absolute Gasteiger partial charge is 0.473 e. The fourth-order valence-electron chi connectivity index (χ4n) is 2.07. The minimum Gasteiger partial charge on any atom is -0.473 e. The van der Waals surface area contributed by atoms with Crippen molar-refractivity contribution < 1.29 is 9.84 Å². The molecule has 1 saturated heterocycles. The van der Waals surface area contributed by atoms with E-state index in [1.165, 1.54) is 11.1 Å². The molecule has 1 heterocycles. The standard InChI is InChI=1S/C16H21NO2/c1-4-13(12-8-6-5-7-9-12)14-10-19-15(14)17-16(2,3)11-18/h5-9,18H,4,10-11H2,1-3H3/b14-13+,17-15?. The first-order valence-electron chi connectivity index (χ1n) is 6.68. The predicted octanol–water partition coefficient (Wildman–Crippen LogP) is 3.05. The van der Waals surface area contributed by atoms with Gasteiger partial charge in [0.1, 0.15) is 6.61 Å². The molecule has 1 aliphatic rings. The maximum Gasteiger partial charge on any atom is 0.216 e. The van der Waals surface area contributed by atoms with Crippen molar-refractivity contribution in [1.29, 1.82) is 0 Å². The zero-order chi connectivity index (χ0) is 13.9. The average Bonchev–Trinajstić information content (AvgIpc) is 2.42. The highest BCUT2D eigenvalue weighted by Gasteiger charge is 2.28. The van der Waals surface area contributed by atoms with Crippen LogP contribution in [-0.2, 0) is 4.74 Å². The van der Waals surface area contributed by atoms with E-state index in [2.05, 4.69) is 24.0 Å². The topological polar surface area (TPSA) is 41.8 Å². The van der Waals surface area contributed by atoms with E-state index in [1.54, 1.807) is 0 Å². The third-order valence-electron chi connectivity index (χ3n) is 3.24. The number of nitrogens with zero attached hydrogens (tertiary/aromatic N) is 1. The first-order valence-corrected chi connectivity index (χ1v) is 6.68. The van der Waals surface area contributed by atoms with E-state index >= 15 is 0 Å². The van der Waals surface area contributed by atoms with Crippen LogP contribution in [0.25, 0.3) is 5.57 Å². The number of rotatable bonds is 4. The van der Waals surface area contributed by atoms with Gasteiger partial charge in [-0.3, -0.25) is 0 Å². The molecule has 2 rings (SSSR count). The van der Waals surface area contributed by atoms with Crippen molar-refractivity contribution in [1.82, 2.24) is 0 Å². The molecule has 0 amide bonds. The Labute approximate surface area is 114 Å². The Balaban J connectivity index is 2.36. The number of benzene rings is 1. The lowest BCUT2D eigenvalue weighted by molar-refractivity contribution is 0.213. The summed E-state index contributed by atoms with van der Waals surface area (Å²) in [6.07, 6.45) is 0.946. The number of hydrogen-bond donors (Lipinski definition) is 1. The highest BCUT2D eigenvalue weighted by Crippen LogP contribution is 2.29. The van der Waals surface area contributed by atoms with E-state index in [0.29, 0.717) is 12.5 Å². The quantitative estimate of drug-likeness (QED) is 0.903. The van der Waals surface area contributed by atoms with Crippen molar-refractivity contribution in [2.45, 2.75) is 32.7 Å². The van der Waals surface area contributed by atoms with Crippen LogP contribution in [0.3, 0.4) is 0 Å². The van der Waals surface area contributed by atoms with Gasteiger partial charge in [0.2, 0.25) is 5.90 Å². The molecule has 0 saturated carbocycles. The first-order chi connectivity index (χ1) is 9.07. The SMILES string of the molecule is CC/C(=C1/COC1=NC(C)(C)CO)c1ccccc1. The zero-order valence-corrected chi connectivity index (χ0v) is 11.8. The van der Waals surface area contributed by atoms with Gasteiger partial charge < -0.3 is 9.84 Å². The number of aliphatic imine (C=N–C) groups is 1. The summed E-state index contributed by atoms with van der Waals surface area (Å²) in [5, 5.41) is 9.28. The fourth-order valence-corrected chi connectivity index (χ4v) is 2.07. The Morgan fingerprint density at radius 3 is 2.47 bits per heavy atom. The maximum atomic E-state index is 9.28. The highest BCUT2D eigenvalue weighted by molar-refractivity contribution is 6.06. The number of ether oxygens (including phenoxy) is 1. The lowest BCUT2D eigenvalue weighted by Crippen LogP contribution is -2.32. The Bertz CT molecular complexity index is 501. The molecule has 0 atom stereocenters. The molecule has 19 heavy (non-hydrogen) atoms. The summed E-state index contributed by atoms with van der Waals surface area (Å²) >= 11 is 0.